The summed E-state index contributed by atoms with van der Waals surface area (Å²) in [6, 6.07) is 14.8. The number of rotatable bonds is 2. The molecule has 27 heavy (non-hydrogen) atoms. The van der Waals surface area contributed by atoms with Crippen molar-refractivity contribution in [2.24, 2.45) is 10.9 Å². The Bertz CT molecular complexity index is 1150. The molecule has 0 radical (unpaired) electrons. The zero-order valence-corrected chi connectivity index (χ0v) is 15.7. The Morgan fingerprint density at radius 1 is 1.07 bits per heavy atom. The summed E-state index contributed by atoms with van der Waals surface area (Å²) in [6.45, 7) is 3.96. The first-order chi connectivity index (χ1) is 13.0. The van der Waals surface area contributed by atoms with Crippen molar-refractivity contribution in [3.63, 3.8) is 0 Å². The molecule has 6 nitrogen and oxygen atoms in total. The Kier molecular flexibility index (Phi) is 4.08. The molecule has 0 atom stereocenters. The topological polar surface area (TPSA) is 96.7 Å². The van der Waals surface area contributed by atoms with Crippen LogP contribution in [0.1, 0.15) is 10.6 Å². The first kappa shape index (κ1) is 17.1. The van der Waals surface area contributed by atoms with Gasteiger partial charge in [0.1, 0.15) is 5.75 Å². The van der Waals surface area contributed by atoms with E-state index in [0.717, 1.165) is 43.9 Å². The van der Waals surface area contributed by atoms with E-state index in [1.165, 1.54) is 11.5 Å². The van der Waals surface area contributed by atoms with Crippen molar-refractivity contribution in [1.82, 2.24) is 8.94 Å². The smallest absolute Gasteiger partial charge is 0.242 e. The summed E-state index contributed by atoms with van der Waals surface area (Å²) in [5.74, 6) is 0.182. The normalized spacial score (nSPS) is 12.0. The second kappa shape index (κ2) is 6.44. The summed E-state index contributed by atoms with van der Waals surface area (Å²) >= 11 is 1.42. The van der Waals surface area contributed by atoms with E-state index in [1.54, 1.807) is 16.7 Å². The minimum absolute atomic E-state index is 0.0174. The van der Waals surface area contributed by atoms with E-state index in [4.69, 9.17) is 5.73 Å². The van der Waals surface area contributed by atoms with Gasteiger partial charge in [-0.05, 0) is 49.1 Å². The Morgan fingerprint density at radius 3 is 2.41 bits per heavy atom. The third-order valence-electron chi connectivity index (χ3n) is 4.63. The second-order valence-electron chi connectivity index (χ2n) is 6.28. The fraction of sp³-hybridized carbons (Fsp3) is 0.100. The molecule has 4 rings (SSSR count). The molecule has 2 heterocycles. The lowest BCUT2D eigenvalue weighted by atomic mass is 9.97. The van der Waals surface area contributed by atoms with Crippen LogP contribution in [0.2, 0.25) is 0 Å². The van der Waals surface area contributed by atoms with Crippen molar-refractivity contribution in [2.45, 2.75) is 13.8 Å². The van der Waals surface area contributed by atoms with Crippen LogP contribution in [0.15, 0.2) is 53.7 Å². The summed E-state index contributed by atoms with van der Waals surface area (Å²) < 4.78 is 6.23. The molecule has 0 amide bonds. The SMILES string of the molecule is Cc1nsc(C)c1-c1c(-c2ccc(O)cc2)c2ccccc2n1/C(N)=N/O. The van der Waals surface area contributed by atoms with Crippen LogP contribution >= 0.6 is 11.5 Å². The molecule has 136 valence electrons. The number of aromatic nitrogens is 2. The standard InChI is InChI=1S/C20H18N4O2S/c1-11-17(12(2)27-23-11)19-18(13-7-9-14(25)10-8-13)15-5-3-4-6-16(15)24(19)20(21)22-26/h3-10,25-26H,1-2H3,(H2,21,22). The van der Waals surface area contributed by atoms with E-state index in [-0.39, 0.29) is 11.7 Å². The van der Waals surface area contributed by atoms with Crippen LogP contribution in [0.5, 0.6) is 5.75 Å². The van der Waals surface area contributed by atoms with Crippen LogP contribution < -0.4 is 5.73 Å². The summed E-state index contributed by atoms with van der Waals surface area (Å²) in [4.78, 5) is 1.04. The van der Waals surface area contributed by atoms with Crippen molar-refractivity contribution in [2.75, 3.05) is 0 Å². The lowest BCUT2D eigenvalue weighted by molar-refractivity contribution is 0.316. The number of nitrogens with zero attached hydrogens (tertiary/aromatic N) is 3. The molecule has 4 N–H and O–H groups in total. The van der Waals surface area contributed by atoms with Gasteiger partial charge in [0.25, 0.3) is 0 Å². The molecular formula is C20H18N4O2S. The van der Waals surface area contributed by atoms with Crippen LogP contribution in [0.25, 0.3) is 33.3 Å². The van der Waals surface area contributed by atoms with Crippen molar-refractivity contribution < 1.29 is 10.3 Å². The van der Waals surface area contributed by atoms with E-state index in [2.05, 4.69) is 9.53 Å². The molecule has 0 bridgehead atoms. The quantitative estimate of drug-likeness (QED) is 0.210. The fourth-order valence-electron chi connectivity index (χ4n) is 3.50. The third kappa shape index (κ3) is 2.63. The van der Waals surface area contributed by atoms with Gasteiger partial charge < -0.3 is 16.0 Å². The monoisotopic (exact) mass is 378 g/mol. The van der Waals surface area contributed by atoms with E-state index < -0.39 is 0 Å². The Hall–Kier alpha value is -3.32. The highest BCUT2D eigenvalue weighted by molar-refractivity contribution is 7.06. The Balaban J connectivity index is 2.22. The zero-order valence-electron chi connectivity index (χ0n) is 14.8. The molecular weight excluding hydrogens is 360 g/mol. The number of fused-ring (bicyclic) bond motifs is 1. The molecule has 0 saturated heterocycles. The first-order valence-electron chi connectivity index (χ1n) is 8.37. The van der Waals surface area contributed by atoms with Gasteiger partial charge >= 0.3 is 0 Å². The number of para-hydroxylation sites is 1. The molecule has 4 aromatic rings. The van der Waals surface area contributed by atoms with Gasteiger partial charge in [-0.3, -0.25) is 4.57 Å². The largest absolute Gasteiger partial charge is 0.508 e. The van der Waals surface area contributed by atoms with Gasteiger partial charge in [-0.2, -0.15) is 4.37 Å². The molecule has 0 fully saturated rings. The lowest BCUT2D eigenvalue weighted by Gasteiger charge is -2.12. The number of oxime groups is 1. The molecule has 2 aromatic carbocycles. The van der Waals surface area contributed by atoms with Crippen molar-refractivity contribution >= 4 is 28.4 Å². The van der Waals surface area contributed by atoms with Gasteiger partial charge in [-0.15, -0.1) is 0 Å². The maximum atomic E-state index is 9.70. The third-order valence-corrected chi connectivity index (χ3v) is 5.48. The van der Waals surface area contributed by atoms with Crippen LogP contribution in [0.3, 0.4) is 0 Å². The number of hydrogen-bond acceptors (Lipinski definition) is 5. The number of phenolic OH excluding ortho intramolecular Hbond substituents is 1. The minimum Gasteiger partial charge on any atom is -0.508 e. The van der Waals surface area contributed by atoms with Gasteiger partial charge in [0.2, 0.25) is 5.96 Å². The molecule has 0 saturated carbocycles. The van der Waals surface area contributed by atoms with Gasteiger partial charge in [0, 0.05) is 21.4 Å². The Morgan fingerprint density at radius 2 is 1.78 bits per heavy atom. The molecule has 0 aliphatic heterocycles. The molecule has 7 heteroatoms. The van der Waals surface area contributed by atoms with Gasteiger partial charge in [-0.1, -0.05) is 35.5 Å². The summed E-state index contributed by atoms with van der Waals surface area (Å²) in [7, 11) is 0. The van der Waals surface area contributed by atoms with Gasteiger partial charge in [0.15, 0.2) is 0 Å². The van der Waals surface area contributed by atoms with Crippen molar-refractivity contribution in [1.29, 1.82) is 0 Å². The first-order valence-corrected chi connectivity index (χ1v) is 9.14. The van der Waals surface area contributed by atoms with Gasteiger partial charge in [0.05, 0.1) is 16.9 Å². The fourth-order valence-corrected chi connectivity index (χ4v) is 4.20. The molecule has 0 spiro atoms. The van der Waals surface area contributed by atoms with Crippen LogP contribution in [-0.4, -0.2) is 25.2 Å². The predicted octanol–water partition coefficient (Wildman–Crippen LogP) is 4.31. The van der Waals surface area contributed by atoms with E-state index >= 15 is 0 Å². The average Bonchev–Trinajstić information content (AvgIpc) is 3.18. The number of phenols is 1. The average molecular weight is 378 g/mol. The highest BCUT2D eigenvalue weighted by Gasteiger charge is 2.25. The second-order valence-corrected chi connectivity index (χ2v) is 7.26. The molecule has 2 aromatic heterocycles. The summed E-state index contributed by atoms with van der Waals surface area (Å²) in [6.07, 6.45) is 0. The maximum absolute atomic E-state index is 9.70. The predicted molar refractivity (Wildman–Crippen MR) is 108 cm³/mol. The number of nitrogens with two attached hydrogens (primary N) is 1. The summed E-state index contributed by atoms with van der Waals surface area (Å²) in [5, 5.41) is 23.4. The highest BCUT2D eigenvalue weighted by atomic mass is 32.1. The van der Waals surface area contributed by atoms with Crippen LogP contribution in [0, 0.1) is 13.8 Å². The Labute approximate surface area is 160 Å². The van der Waals surface area contributed by atoms with E-state index in [0.29, 0.717) is 0 Å². The molecule has 0 aliphatic rings. The summed E-state index contributed by atoms with van der Waals surface area (Å²) in [5.41, 5.74) is 11.5. The number of aryl methyl sites for hydroxylation is 2. The van der Waals surface area contributed by atoms with E-state index in [1.807, 2.05) is 50.2 Å². The van der Waals surface area contributed by atoms with Crippen molar-refractivity contribution in [3.05, 3.63) is 59.1 Å². The molecule has 0 aliphatic carbocycles. The highest BCUT2D eigenvalue weighted by Crippen LogP contribution is 2.43. The van der Waals surface area contributed by atoms with Crippen molar-refractivity contribution in [3.8, 4) is 28.1 Å². The molecule has 0 unspecified atom stereocenters. The zero-order chi connectivity index (χ0) is 19.1. The van der Waals surface area contributed by atoms with Crippen LogP contribution in [-0.2, 0) is 0 Å². The maximum Gasteiger partial charge on any atom is 0.242 e. The number of hydrogen-bond donors (Lipinski definition) is 3. The van der Waals surface area contributed by atoms with Crippen LogP contribution in [0.4, 0.5) is 0 Å². The number of aromatic hydroxyl groups is 1. The lowest BCUT2D eigenvalue weighted by Crippen LogP contribution is -2.23. The van der Waals surface area contributed by atoms with E-state index in [9.17, 15) is 10.3 Å². The minimum atomic E-state index is -0.0174. The van der Waals surface area contributed by atoms with Gasteiger partial charge in [-0.25, -0.2) is 0 Å². The number of benzene rings is 2.